The highest BCUT2D eigenvalue weighted by Crippen LogP contribution is 2.24. The van der Waals surface area contributed by atoms with Crippen molar-refractivity contribution in [1.82, 2.24) is 5.16 Å². The lowest BCUT2D eigenvalue weighted by atomic mass is 10.2. The van der Waals surface area contributed by atoms with Gasteiger partial charge in [0.2, 0.25) is 0 Å². The minimum absolute atomic E-state index is 0.0745. The molecule has 1 N–H and O–H groups in total. The number of sulfonamides is 1. The van der Waals surface area contributed by atoms with Gasteiger partial charge < -0.3 is 9.84 Å². The van der Waals surface area contributed by atoms with Gasteiger partial charge in [-0.3, -0.25) is 9.10 Å². The van der Waals surface area contributed by atoms with E-state index in [0.29, 0.717) is 28.4 Å². The molecule has 0 fully saturated rings. The van der Waals surface area contributed by atoms with E-state index in [4.69, 9.17) is 4.52 Å². The highest BCUT2D eigenvalue weighted by Gasteiger charge is 2.22. The predicted octanol–water partition coefficient (Wildman–Crippen LogP) is 3.37. The SMILES string of the molecule is Cc1noc(C)c1C(=O)Nc1cccc(S(=O)(=O)N(C)c2ccccc2)c1. The molecular formula is C19H19N3O4S. The summed E-state index contributed by atoms with van der Waals surface area (Å²) in [5.41, 5.74) is 1.72. The first-order valence-corrected chi connectivity index (χ1v) is 9.63. The van der Waals surface area contributed by atoms with Gasteiger partial charge >= 0.3 is 0 Å². The molecule has 3 aromatic rings. The Labute approximate surface area is 157 Å². The van der Waals surface area contributed by atoms with E-state index in [1.165, 1.54) is 23.5 Å². The Morgan fingerprint density at radius 2 is 1.78 bits per heavy atom. The summed E-state index contributed by atoms with van der Waals surface area (Å²) in [5, 5.41) is 6.45. The number of nitrogens with zero attached hydrogens (tertiary/aromatic N) is 2. The van der Waals surface area contributed by atoms with Crippen LogP contribution in [0.3, 0.4) is 0 Å². The van der Waals surface area contributed by atoms with Crippen molar-refractivity contribution in [2.45, 2.75) is 18.7 Å². The standard InChI is InChI=1S/C19H19N3O4S/c1-13-18(14(2)26-21-13)19(23)20-15-8-7-11-17(12-15)27(24,25)22(3)16-9-5-4-6-10-16/h4-12H,1-3H3,(H,20,23). The average molecular weight is 385 g/mol. The van der Waals surface area contributed by atoms with E-state index < -0.39 is 15.9 Å². The van der Waals surface area contributed by atoms with Crippen LogP contribution in [0.25, 0.3) is 0 Å². The third-order valence-electron chi connectivity index (χ3n) is 4.13. The van der Waals surface area contributed by atoms with E-state index in [-0.39, 0.29) is 4.90 Å². The molecule has 0 aliphatic rings. The first-order chi connectivity index (χ1) is 12.8. The zero-order valence-electron chi connectivity index (χ0n) is 15.1. The lowest BCUT2D eigenvalue weighted by molar-refractivity contribution is 0.102. The molecule has 0 unspecified atom stereocenters. The Bertz CT molecular complexity index is 1060. The molecule has 0 saturated carbocycles. The van der Waals surface area contributed by atoms with Crippen LogP contribution in [-0.4, -0.2) is 26.5 Å². The Morgan fingerprint density at radius 3 is 2.41 bits per heavy atom. The van der Waals surface area contributed by atoms with Gasteiger partial charge in [-0.25, -0.2) is 8.42 Å². The van der Waals surface area contributed by atoms with Crippen LogP contribution in [0, 0.1) is 13.8 Å². The van der Waals surface area contributed by atoms with E-state index >= 15 is 0 Å². The molecule has 0 aliphatic heterocycles. The molecule has 2 aromatic carbocycles. The number of para-hydroxylation sites is 1. The van der Waals surface area contributed by atoms with E-state index in [0.717, 1.165) is 0 Å². The fraction of sp³-hybridized carbons (Fsp3) is 0.158. The Balaban J connectivity index is 1.88. The molecule has 27 heavy (non-hydrogen) atoms. The van der Waals surface area contributed by atoms with Crippen molar-refractivity contribution in [1.29, 1.82) is 0 Å². The van der Waals surface area contributed by atoms with Crippen LogP contribution < -0.4 is 9.62 Å². The Kier molecular flexibility index (Phi) is 5.00. The summed E-state index contributed by atoms with van der Waals surface area (Å²) in [6.45, 7) is 3.31. The van der Waals surface area contributed by atoms with Gasteiger partial charge in [0.1, 0.15) is 11.3 Å². The number of nitrogens with one attached hydrogen (secondary N) is 1. The second-order valence-electron chi connectivity index (χ2n) is 5.99. The number of amides is 1. The first-order valence-electron chi connectivity index (χ1n) is 8.19. The average Bonchev–Trinajstić information content (AvgIpc) is 3.00. The summed E-state index contributed by atoms with van der Waals surface area (Å²) in [6, 6.07) is 14.9. The van der Waals surface area contributed by atoms with Gasteiger partial charge in [-0.1, -0.05) is 29.4 Å². The summed E-state index contributed by atoms with van der Waals surface area (Å²) in [4.78, 5) is 12.5. The van der Waals surface area contributed by atoms with Gasteiger partial charge in [-0.15, -0.1) is 0 Å². The van der Waals surface area contributed by atoms with Crippen LogP contribution in [0.15, 0.2) is 64.0 Å². The Morgan fingerprint density at radius 1 is 1.07 bits per heavy atom. The van der Waals surface area contributed by atoms with Crippen molar-refractivity contribution in [3.63, 3.8) is 0 Å². The summed E-state index contributed by atoms with van der Waals surface area (Å²) >= 11 is 0. The summed E-state index contributed by atoms with van der Waals surface area (Å²) in [6.07, 6.45) is 0. The van der Waals surface area contributed by atoms with Gasteiger partial charge in [-0.2, -0.15) is 0 Å². The topological polar surface area (TPSA) is 92.5 Å². The fourth-order valence-corrected chi connectivity index (χ4v) is 3.91. The second kappa shape index (κ2) is 7.24. The number of benzene rings is 2. The Hall–Kier alpha value is -3.13. The highest BCUT2D eigenvalue weighted by molar-refractivity contribution is 7.92. The minimum atomic E-state index is -3.77. The number of anilines is 2. The lowest BCUT2D eigenvalue weighted by Crippen LogP contribution is -2.26. The number of hydrogen-bond acceptors (Lipinski definition) is 5. The monoisotopic (exact) mass is 385 g/mol. The molecule has 0 spiro atoms. The normalized spacial score (nSPS) is 11.2. The quantitative estimate of drug-likeness (QED) is 0.727. The number of rotatable bonds is 5. The van der Waals surface area contributed by atoms with Crippen molar-refractivity contribution in [3.8, 4) is 0 Å². The van der Waals surface area contributed by atoms with Crippen molar-refractivity contribution < 1.29 is 17.7 Å². The lowest BCUT2D eigenvalue weighted by Gasteiger charge is -2.19. The molecule has 0 radical (unpaired) electrons. The molecule has 8 heteroatoms. The van der Waals surface area contributed by atoms with Crippen LogP contribution >= 0.6 is 0 Å². The molecule has 0 aliphatic carbocycles. The summed E-state index contributed by atoms with van der Waals surface area (Å²) in [7, 11) is -2.28. The predicted molar refractivity (Wildman–Crippen MR) is 102 cm³/mol. The molecule has 7 nitrogen and oxygen atoms in total. The molecule has 0 atom stereocenters. The summed E-state index contributed by atoms with van der Waals surface area (Å²) < 4.78 is 32.0. The molecular weight excluding hydrogens is 366 g/mol. The zero-order chi connectivity index (χ0) is 19.6. The van der Waals surface area contributed by atoms with E-state index in [1.54, 1.807) is 50.2 Å². The van der Waals surface area contributed by atoms with E-state index in [1.807, 2.05) is 6.07 Å². The van der Waals surface area contributed by atoms with Crippen molar-refractivity contribution in [2.24, 2.45) is 0 Å². The maximum atomic E-state index is 12.9. The second-order valence-corrected chi connectivity index (χ2v) is 7.96. The van der Waals surface area contributed by atoms with Gasteiger partial charge in [0.15, 0.2) is 0 Å². The number of carbonyl (C=O) groups is 1. The molecule has 140 valence electrons. The van der Waals surface area contributed by atoms with E-state index in [9.17, 15) is 13.2 Å². The molecule has 1 amide bonds. The molecule has 1 heterocycles. The van der Waals surface area contributed by atoms with Gasteiger partial charge in [0.05, 0.1) is 16.3 Å². The van der Waals surface area contributed by atoms with Gasteiger partial charge in [-0.05, 0) is 44.2 Å². The van der Waals surface area contributed by atoms with Gasteiger partial charge in [0.25, 0.3) is 15.9 Å². The number of hydrogen-bond donors (Lipinski definition) is 1. The number of aryl methyl sites for hydroxylation is 2. The maximum absolute atomic E-state index is 12.9. The maximum Gasteiger partial charge on any atom is 0.264 e. The van der Waals surface area contributed by atoms with Crippen LogP contribution in [0.5, 0.6) is 0 Å². The fourth-order valence-electron chi connectivity index (χ4n) is 2.67. The van der Waals surface area contributed by atoms with Crippen LogP contribution in [0.4, 0.5) is 11.4 Å². The summed E-state index contributed by atoms with van der Waals surface area (Å²) in [5.74, 6) is -0.00482. The molecule has 1 aromatic heterocycles. The largest absolute Gasteiger partial charge is 0.361 e. The smallest absolute Gasteiger partial charge is 0.264 e. The van der Waals surface area contributed by atoms with Crippen LogP contribution in [0.2, 0.25) is 0 Å². The number of carbonyl (C=O) groups excluding carboxylic acids is 1. The van der Waals surface area contributed by atoms with Crippen LogP contribution in [0.1, 0.15) is 21.8 Å². The molecule has 0 saturated heterocycles. The number of aromatic nitrogens is 1. The molecule has 3 rings (SSSR count). The molecule has 0 bridgehead atoms. The van der Waals surface area contributed by atoms with Gasteiger partial charge in [0, 0.05) is 12.7 Å². The first kappa shape index (κ1) is 18.7. The minimum Gasteiger partial charge on any atom is -0.361 e. The highest BCUT2D eigenvalue weighted by atomic mass is 32.2. The third-order valence-corrected chi connectivity index (χ3v) is 5.91. The zero-order valence-corrected chi connectivity index (χ0v) is 15.9. The van der Waals surface area contributed by atoms with E-state index in [2.05, 4.69) is 10.5 Å². The van der Waals surface area contributed by atoms with Crippen molar-refractivity contribution in [3.05, 3.63) is 71.6 Å². The van der Waals surface area contributed by atoms with Crippen LogP contribution in [-0.2, 0) is 10.0 Å². The van der Waals surface area contributed by atoms with Crippen molar-refractivity contribution in [2.75, 3.05) is 16.7 Å². The van der Waals surface area contributed by atoms with Crippen molar-refractivity contribution >= 4 is 27.3 Å². The third kappa shape index (κ3) is 3.70.